The van der Waals surface area contributed by atoms with E-state index >= 15 is 0 Å². The number of rotatable bonds is 10. The molecule has 1 saturated heterocycles. The first-order valence-corrected chi connectivity index (χ1v) is 14.9. The van der Waals surface area contributed by atoms with E-state index in [0.717, 1.165) is 0 Å². The number of thiocarbonyl (C=S) groups is 1. The molecular formula is C30H40N2O8S2. The second kappa shape index (κ2) is 14.7. The van der Waals surface area contributed by atoms with Crippen molar-refractivity contribution in [2.24, 2.45) is 5.92 Å². The van der Waals surface area contributed by atoms with Crippen molar-refractivity contribution in [3.8, 4) is 28.7 Å². The van der Waals surface area contributed by atoms with Gasteiger partial charge in [0, 0.05) is 25.2 Å². The topological polar surface area (TPSA) is 107 Å². The molecule has 0 bridgehead atoms. The quantitative estimate of drug-likeness (QED) is 0.286. The average molecular weight is 621 g/mol. The van der Waals surface area contributed by atoms with Gasteiger partial charge in [0.1, 0.15) is 9.92 Å². The van der Waals surface area contributed by atoms with E-state index in [1.807, 2.05) is 25.7 Å². The number of thioether (sulfide) groups is 1. The van der Waals surface area contributed by atoms with Gasteiger partial charge in [0.2, 0.25) is 11.7 Å². The molecule has 12 heteroatoms. The Hall–Kier alpha value is -3.38. The second-order valence-electron chi connectivity index (χ2n) is 10.7. The molecule has 0 atom stereocenters. The lowest BCUT2D eigenvalue weighted by Crippen LogP contribution is -2.41. The number of hydrogen-bond acceptors (Lipinski definition) is 10. The van der Waals surface area contributed by atoms with Gasteiger partial charge in [-0.1, -0.05) is 30.0 Å². The molecule has 1 N–H and O–H groups in total. The number of carbonyl (C=O) groups excluding carboxylic acids is 2. The molecule has 230 valence electrons. The van der Waals surface area contributed by atoms with Crippen LogP contribution in [0.2, 0.25) is 0 Å². The summed E-state index contributed by atoms with van der Waals surface area (Å²) >= 11 is 6.95. The number of esters is 1. The van der Waals surface area contributed by atoms with E-state index in [9.17, 15) is 14.7 Å². The van der Waals surface area contributed by atoms with Crippen LogP contribution in [-0.2, 0) is 20.9 Å². The van der Waals surface area contributed by atoms with Crippen molar-refractivity contribution in [3.05, 3.63) is 35.9 Å². The molecule has 10 nitrogen and oxygen atoms in total. The Balaban J connectivity index is 1.76. The van der Waals surface area contributed by atoms with E-state index in [0.29, 0.717) is 64.5 Å². The Labute approximate surface area is 257 Å². The summed E-state index contributed by atoms with van der Waals surface area (Å²) in [6.07, 6.45) is 1.28. The molecule has 0 saturated carbocycles. The highest BCUT2D eigenvalue weighted by Gasteiger charge is 2.30. The SMILES string of the molecule is COc1ccc(CN(C(=O)CSC(=S)N2CCC(C(=O)OC(C)(C)C)CC2)c2cc(OC)c(OC)c(OC)c2)cc1O. The van der Waals surface area contributed by atoms with Gasteiger partial charge in [0.05, 0.1) is 52.3 Å². The van der Waals surface area contributed by atoms with Crippen molar-refractivity contribution in [2.45, 2.75) is 45.8 Å². The number of likely N-dealkylation sites (tertiary alicyclic amines) is 1. The Morgan fingerprint density at radius 2 is 1.57 bits per heavy atom. The van der Waals surface area contributed by atoms with Gasteiger partial charge in [-0.15, -0.1) is 0 Å². The summed E-state index contributed by atoms with van der Waals surface area (Å²) in [6.45, 7) is 6.98. The lowest BCUT2D eigenvalue weighted by atomic mass is 9.97. The Morgan fingerprint density at radius 1 is 0.976 bits per heavy atom. The molecule has 1 fully saturated rings. The van der Waals surface area contributed by atoms with Crippen molar-refractivity contribution >= 4 is 45.9 Å². The molecule has 1 aliphatic rings. The van der Waals surface area contributed by atoms with E-state index in [1.165, 1.54) is 40.2 Å². The third kappa shape index (κ3) is 8.57. The van der Waals surface area contributed by atoms with Gasteiger partial charge < -0.3 is 38.6 Å². The summed E-state index contributed by atoms with van der Waals surface area (Å²) in [5.74, 6) is 1.03. The van der Waals surface area contributed by atoms with Crippen LogP contribution in [0.3, 0.4) is 0 Å². The average Bonchev–Trinajstić information content (AvgIpc) is 2.96. The predicted molar refractivity (Wildman–Crippen MR) is 167 cm³/mol. The number of amides is 1. The maximum atomic E-state index is 13.7. The van der Waals surface area contributed by atoms with Crippen LogP contribution in [0.25, 0.3) is 0 Å². The molecule has 1 amide bonds. The van der Waals surface area contributed by atoms with Crippen LogP contribution in [0.1, 0.15) is 39.2 Å². The molecule has 0 aliphatic carbocycles. The van der Waals surface area contributed by atoms with Gasteiger partial charge in [0.25, 0.3) is 0 Å². The van der Waals surface area contributed by atoms with Gasteiger partial charge in [-0.3, -0.25) is 9.59 Å². The lowest BCUT2D eigenvalue weighted by Gasteiger charge is -2.33. The zero-order chi connectivity index (χ0) is 31.0. The monoisotopic (exact) mass is 620 g/mol. The van der Waals surface area contributed by atoms with Crippen molar-refractivity contribution in [1.82, 2.24) is 4.90 Å². The first-order valence-electron chi connectivity index (χ1n) is 13.5. The molecule has 3 rings (SSSR count). The first kappa shape index (κ1) is 33.1. The minimum Gasteiger partial charge on any atom is -0.504 e. The highest BCUT2D eigenvalue weighted by molar-refractivity contribution is 8.23. The number of aromatic hydroxyl groups is 1. The van der Waals surface area contributed by atoms with Crippen molar-refractivity contribution < 1.29 is 38.4 Å². The molecule has 0 unspecified atom stereocenters. The van der Waals surface area contributed by atoms with E-state index in [1.54, 1.807) is 35.2 Å². The summed E-state index contributed by atoms with van der Waals surface area (Å²) in [5.41, 5.74) is 0.690. The lowest BCUT2D eigenvalue weighted by molar-refractivity contribution is -0.161. The summed E-state index contributed by atoms with van der Waals surface area (Å²) in [4.78, 5) is 29.8. The number of anilines is 1. The number of phenols is 1. The highest BCUT2D eigenvalue weighted by atomic mass is 32.2. The number of piperidine rings is 1. The standard InChI is InChI=1S/C30H40N2O8S2/c1-30(2,3)40-28(35)20-10-12-31(13-11-20)29(41)42-18-26(34)32(17-19-8-9-23(36-4)22(33)14-19)21-15-24(37-5)27(39-7)25(16-21)38-6/h8-9,14-16,20,33H,10-13,17-18H2,1-7H3. The fourth-order valence-electron chi connectivity index (χ4n) is 4.54. The predicted octanol–water partition coefficient (Wildman–Crippen LogP) is 5.03. The van der Waals surface area contributed by atoms with Crippen LogP contribution < -0.4 is 23.8 Å². The summed E-state index contributed by atoms with van der Waals surface area (Å²) in [7, 11) is 6.00. The third-order valence-electron chi connectivity index (χ3n) is 6.66. The molecule has 2 aromatic rings. The Bertz CT molecular complexity index is 1250. The zero-order valence-electron chi connectivity index (χ0n) is 25.2. The molecular weight excluding hydrogens is 580 g/mol. The van der Waals surface area contributed by atoms with Crippen LogP contribution in [0.5, 0.6) is 28.7 Å². The van der Waals surface area contributed by atoms with Gasteiger partial charge in [0.15, 0.2) is 23.0 Å². The van der Waals surface area contributed by atoms with E-state index < -0.39 is 5.60 Å². The third-order valence-corrected chi connectivity index (χ3v) is 8.17. The minimum absolute atomic E-state index is 0.0300. The fraction of sp³-hybridized carbons (Fsp3) is 0.500. The minimum atomic E-state index is -0.520. The summed E-state index contributed by atoms with van der Waals surface area (Å²) in [5, 5.41) is 10.3. The van der Waals surface area contributed by atoms with E-state index in [2.05, 4.69) is 0 Å². The number of methoxy groups -OCH3 is 4. The van der Waals surface area contributed by atoms with Crippen LogP contribution in [0, 0.1) is 5.92 Å². The van der Waals surface area contributed by atoms with Crippen LogP contribution >= 0.6 is 24.0 Å². The number of phenolic OH excluding ortho intramolecular Hbond substituents is 1. The molecule has 0 radical (unpaired) electrons. The number of ether oxygens (including phenoxy) is 5. The largest absolute Gasteiger partial charge is 0.504 e. The smallest absolute Gasteiger partial charge is 0.309 e. The van der Waals surface area contributed by atoms with Crippen molar-refractivity contribution in [3.63, 3.8) is 0 Å². The molecule has 0 aromatic heterocycles. The Morgan fingerprint density at radius 3 is 2.07 bits per heavy atom. The number of hydrogen-bond donors (Lipinski definition) is 1. The molecule has 2 aromatic carbocycles. The van der Waals surface area contributed by atoms with Gasteiger partial charge in [-0.05, 0) is 51.3 Å². The maximum Gasteiger partial charge on any atom is 0.309 e. The molecule has 1 heterocycles. The normalized spacial score (nSPS) is 13.7. The maximum absolute atomic E-state index is 13.7. The first-order chi connectivity index (χ1) is 19.9. The number of carbonyl (C=O) groups is 2. The molecule has 1 aliphatic heterocycles. The van der Waals surface area contributed by atoms with Crippen LogP contribution in [-0.4, -0.2) is 79.1 Å². The van der Waals surface area contributed by atoms with Crippen molar-refractivity contribution in [1.29, 1.82) is 0 Å². The fourth-order valence-corrected chi connectivity index (χ4v) is 5.67. The number of nitrogens with zero attached hydrogens (tertiary/aromatic N) is 2. The highest BCUT2D eigenvalue weighted by Crippen LogP contribution is 2.41. The van der Waals surface area contributed by atoms with Crippen molar-refractivity contribution in [2.75, 3.05) is 52.2 Å². The Kier molecular flexibility index (Phi) is 11.6. The van der Waals surface area contributed by atoms with Crippen LogP contribution in [0.15, 0.2) is 30.3 Å². The van der Waals surface area contributed by atoms with E-state index in [-0.39, 0.29) is 35.8 Å². The number of benzene rings is 2. The van der Waals surface area contributed by atoms with E-state index in [4.69, 9.17) is 35.9 Å². The van der Waals surface area contributed by atoms with Crippen LogP contribution in [0.4, 0.5) is 5.69 Å². The molecule has 42 heavy (non-hydrogen) atoms. The van der Waals surface area contributed by atoms with Gasteiger partial charge in [-0.2, -0.15) is 0 Å². The zero-order valence-corrected chi connectivity index (χ0v) is 26.9. The second-order valence-corrected chi connectivity index (χ2v) is 12.3. The van der Waals surface area contributed by atoms with Gasteiger partial charge >= 0.3 is 5.97 Å². The molecule has 0 spiro atoms. The summed E-state index contributed by atoms with van der Waals surface area (Å²) in [6, 6.07) is 8.39. The van der Waals surface area contributed by atoms with Gasteiger partial charge in [-0.25, -0.2) is 0 Å². The summed E-state index contributed by atoms with van der Waals surface area (Å²) < 4.78 is 27.8.